The monoisotopic (exact) mass is 173 g/mol. The maximum atomic E-state index is 5.64. The molecule has 0 N–H and O–H groups in total. The van der Waals surface area contributed by atoms with Crippen LogP contribution in [-0.4, -0.2) is 4.98 Å². The molecule has 1 aliphatic carbocycles. The number of hydrogen-bond acceptors (Lipinski definition) is 2. The van der Waals surface area contributed by atoms with Gasteiger partial charge in [0.2, 0.25) is 0 Å². The molecule has 1 aromatic heterocycles. The Bertz CT molecular complexity index is 229. The van der Waals surface area contributed by atoms with Gasteiger partial charge in [-0.1, -0.05) is 0 Å². The Labute approximate surface area is 69.0 Å². The summed E-state index contributed by atoms with van der Waals surface area (Å²) in [5.41, 5.74) is 0. The molecule has 54 valence electrons. The molecule has 1 aliphatic rings. The van der Waals surface area contributed by atoms with Crippen molar-refractivity contribution in [2.75, 3.05) is 0 Å². The van der Waals surface area contributed by atoms with Gasteiger partial charge < -0.3 is 0 Å². The molecular formula is C7H8ClNS. The molecule has 0 bridgehead atoms. The topological polar surface area (TPSA) is 12.9 Å². The molecule has 0 aromatic carbocycles. The van der Waals surface area contributed by atoms with Crippen molar-refractivity contribution in [2.45, 2.75) is 24.6 Å². The van der Waals surface area contributed by atoms with Crippen molar-refractivity contribution in [1.82, 2.24) is 4.98 Å². The normalized spacial score (nSPS) is 17.7. The molecule has 0 amide bonds. The fourth-order valence-corrected chi connectivity index (χ4v) is 2.07. The van der Waals surface area contributed by atoms with Gasteiger partial charge in [-0.05, 0) is 12.8 Å². The van der Waals surface area contributed by atoms with Crippen molar-refractivity contribution in [3.8, 4) is 0 Å². The van der Waals surface area contributed by atoms with Gasteiger partial charge in [0, 0.05) is 17.0 Å². The van der Waals surface area contributed by atoms with E-state index in [1.807, 2.05) is 6.20 Å². The first-order valence-corrected chi connectivity index (χ1v) is 4.76. The summed E-state index contributed by atoms with van der Waals surface area (Å²) in [7, 11) is 0. The molecule has 1 fully saturated rings. The third-order valence-electron chi connectivity index (χ3n) is 1.63. The Hall–Kier alpha value is -0.0800. The van der Waals surface area contributed by atoms with Crippen molar-refractivity contribution >= 4 is 22.9 Å². The predicted octanol–water partition coefficient (Wildman–Crippen LogP) is 2.76. The molecule has 0 spiro atoms. The summed E-state index contributed by atoms with van der Waals surface area (Å²) < 4.78 is 0. The Morgan fingerprint density at radius 3 is 3.00 bits per heavy atom. The van der Waals surface area contributed by atoms with Crippen LogP contribution in [0.2, 0.25) is 0 Å². The largest absolute Gasteiger partial charge is 0.249 e. The minimum atomic E-state index is 0.615. The van der Waals surface area contributed by atoms with E-state index in [1.54, 1.807) is 11.3 Å². The molecule has 1 aromatic rings. The van der Waals surface area contributed by atoms with Crippen LogP contribution in [0.3, 0.4) is 0 Å². The molecule has 10 heavy (non-hydrogen) atoms. The summed E-state index contributed by atoms with van der Waals surface area (Å²) in [6, 6.07) is 0. The Morgan fingerprint density at radius 2 is 2.50 bits per heavy atom. The highest BCUT2D eigenvalue weighted by Gasteiger charge is 2.26. The third-order valence-corrected chi connectivity index (χ3v) is 3.24. The predicted molar refractivity (Wildman–Crippen MR) is 43.6 cm³/mol. The number of thiazole rings is 1. The van der Waals surface area contributed by atoms with Crippen LogP contribution < -0.4 is 0 Å². The average molecular weight is 174 g/mol. The van der Waals surface area contributed by atoms with E-state index in [2.05, 4.69) is 4.98 Å². The summed E-state index contributed by atoms with van der Waals surface area (Å²) in [5, 5.41) is 1.29. The Kier molecular flexibility index (Phi) is 1.66. The van der Waals surface area contributed by atoms with Gasteiger partial charge in [0.15, 0.2) is 0 Å². The molecule has 1 nitrogen and oxygen atoms in total. The molecule has 0 aliphatic heterocycles. The lowest BCUT2D eigenvalue weighted by Crippen LogP contribution is -1.70. The van der Waals surface area contributed by atoms with E-state index >= 15 is 0 Å². The Morgan fingerprint density at radius 1 is 1.70 bits per heavy atom. The second kappa shape index (κ2) is 2.51. The summed E-state index contributed by atoms with van der Waals surface area (Å²) >= 11 is 7.40. The highest BCUT2D eigenvalue weighted by Crippen LogP contribution is 2.41. The maximum Gasteiger partial charge on any atom is 0.0959 e. The molecule has 0 saturated heterocycles. The van der Waals surface area contributed by atoms with Crippen molar-refractivity contribution in [2.24, 2.45) is 0 Å². The lowest BCUT2D eigenvalue weighted by molar-refractivity contribution is 1.08. The summed E-state index contributed by atoms with van der Waals surface area (Å²) in [5.74, 6) is 1.40. The fraction of sp³-hybridized carbons (Fsp3) is 0.571. The van der Waals surface area contributed by atoms with E-state index in [-0.39, 0.29) is 0 Å². The Balaban J connectivity index is 2.19. The fourth-order valence-electron chi connectivity index (χ4n) is 0.903. The van der Waals surface area contributed by atoms with Crippen LogP contribution in [0.25, 0.3) is 0 Å². The van der Waals surface area contributed by atoms with E-state index in [0.29, 0.717) is 5.88 Å². The molecule has 2 rings (SSSR count). The summed E-state index contributed by atoms with van der Waals surface area (Å²) in [6.45, 7) is 0. The number of rotatable bonds is 2. The minimum absolute atomic E-state index is 0.615. The first-order valence-electron chi connectivity index (χ1n) is 3.40. The van der Waals surface area contributed by atoms with E-state index in [1.165, 1.54) is 22.7 Å². The number of nitrogens with zero attached hydrogens (tertiary/aromatic N) is 1. The molecule has 0 unspecified atom stereocenters. The van der Waals surface area contributed by atoms with Crippen molar-refractivity contribution in [3.63, 3.8) is 0 Å². The van der Waals surface area contributed by atoms with Gasteiger partial charge >= 0.3 is 0 Å². The van der Waals surface area contributed by atoms with Gasteiger partial charge in [0.1, 0.15) is 0 Å². The van der Waals surface area contributed by atoms with Gasteiger partial charge in [0.05, 0.1) is 10.9 Å². The molecule has 0 atom stereocenters. The van der Waals surface area contributed by atoms with Gasteiger partial charge in [-0.15, -0.1) is 22.9 Å². The SMILES string of the molecule is ClCc1cnc(C2CC2)s1. The number of alkyl halides is 1. The second-order valence-electron chi connectivity index (χ2n) is 2.57. The molecule has 0 radical (unpaired) electrons. The third kappa shape index (κ3) is 1.18. The zero-order valence-electron chi connectivity index (χ0n) is 5.51. The first-order chi connectivity index (χ1) is 4.90. The van der Waals surface area contributed by atoms with Gasteiger partial charge in [0.25, 0.3) is 0 Å². The van der Waals surface area contributed by atoms with Gasteiger partial charge in [-0.2, -0.15) is 0 Å². The highest BCUT2D eigenvalue weighted by atomic mass is 35.5. The summed E-state index contributed by atoms with van der Waals surface area (Å²) in [4.78, 5) is 5.48. The van der Waals surface area contributed by atoms with E-state index in [9.17, 15) is 0 Å². The van der Waals surface area contributed by atoms with Crippen LogP contribution in [-0.2, 0) is 5.88 Å². The summed E-state index contributed by atoms with van der Waals surface area (Å²) in [6.07, 6.45) is 4.55. The average Bonchev–Trinajstić information content (AvgIpc) is 2.70. The lowest BCUT2D eigenvalue weighted by Gasteiger charge is -1.83. The zero-order chi connectivity index (χ0) is 6.97. The van der Waals surface area contributed by atoms with E-state index in [0.717, 1.165) is 5.92 Å². The number of hydrogen-bond donors (Lipinski definition) is 0. The molecule has 1 saturated carbocycles. The molecule has 1 heterocycles. The number of aromatic nitrogens is 1. The smallest absolute Gasteiger partial charge is 0.0959 e. The molecular weight excluding hydrogens is 166 g/mol. The van der Waals surface area contributed by atoms with Crippen molar-refractivity contribution < 1.29 is 0 Å². The van der Waals surface area contributed by atoms with Crippen LogP contribution >= 0.6 is 22.9 Å². The zero-order valence-corrected chi connectivity index (χ0v) is 7.08. The molecule has 3 heteroatoms. The lowest BCUT2D eigenvalue weighted by atomic mass is 10.5. The highest BCUT2D eigenvalue weighted by molar-refractivity contribution is 7.11. The second-order valence-corrected chi connectivity index (χ2v) is 3.99. The van der Waals surface area contributed by atoms with Gasteiger partial charge in [-0.3, -0.25) is 0 Å². The van der Waals surface area contributed by atoms with Crippen LogP contribution in [0.4, 0.5) is 0 Å². The van der Waals surface area contributed by atoms with Crippen LogP contribution in [0.5, 0.6) is 0 Å². The number of halogens is 1. The van der Waals surface area contributed by atoms with Crippen LogP contribution in [0.15, 0.2) is 6.20 Å². The van der Waals surface area contributed by atoms with E-state index < -0.39 is 0 Å². The first kappa shape index (κ1) is 6.62. The van der Waals surface area contributed by atoms with Gasteiger partial charge in [-0.25, -0.2) is 4.98 Å². The van der Waals surface area contributed by atoms with Crippen molar-refractivity contribution in [1.29, 1.82) is 0 Å². The van der Waals surface area contributed by atoms with Crippen LogP contribution in [0, 0.1) is 0 Å². The van der Waals surface area contributed by atoms with Crippen LogP contribution in [0.1, 0.15) is 28.6 Å². The quantitative estimate of drug-likeness (QED) is 0.627. The van der Waals surface area contributed by atoms with Crippen molar-refractivity contribution in [3.05, 3.63) is 16.1 Å². The minimum Gasteiger partial charge on any atom is -0.249 e. The standard InChI is InChI=1S/C7H8ClNS/c8-3-6-4-9-7(10-6)5-1-2-5/h4-5H,1-3H2. The van der Waals surface area contributed by atoms with E-state index in [4.69, 9.17) is 11.6 Å². The maximum absolute atomic E-state index is 5.64.